The molecule has 0 saturated carbocycles. The number of methoxy groups -OCH3 is 1. The summed E-state index contributed by atoms with van der Waals surface area (Å²) in [5, 5.41) is 30.8. The lowest BCUT2D eigenvalue weighted by Gasteiger charge is -2.47. The summed E-state index contributed by atoms with van der Waals surface area (Å²) in [6.07, 6.45) is -2.30. The molecule has 0 aromatic heterocycles. The Bertz CT molecular complexity index is 843. The Morgan fingerprint density at radius 1 is 1.26 bits per heavy atom. The van der Waals surface area contributed by atoms with E-state index < -0.39 is 35.7 Å². The van der Waals surface area contributed by atoms with Crippen molar-refractivity contribution in [3.63, 3.8) is 0 Å². The van der Waals surface area contributed by atoms with E-state index in [1.165, 1.54) is 30.2 Å². The van der Waals surface area contributed by atoms with Gasteiger partial charge >= 0.3 is 5.69 Å². The number of hydrogen-bond donors (Lipinski definition) is 2. The molecule has 9 heteroatoms. The third kappa shape index (κ3) is 3.42. The Balaban J connectivity index is 1.92. The lowest BCUT2D eigenvalue weighted by molar-refractivity contribution is -0.385. The van der Waals surface area contributed by atoms with Crippen LogP contribution in [-0.2, 0) is 4.79 Å². The molecular weight excluding hydrogens is 356 g/mol. The molecular formula is C18H18N2O7. The second kappa shape index (κ2) is 7.60. The Morgan fingerprint density at radius 3 is 2.56 bits per heavy atom. The van der Waals surface area contributed by atoms with Crippen molar-refractivity contribution in [2.45, 2.75) is 18.2 Å². The molecule has 1 heterocycles. The highest BCUT2D eigenvalue weighted by Crippen LogP contribution is 2.37. The zero-order chi connectivity index (χ0) is 19.6. The highest BCUT2D eigenvalue weighted by atomic mass is 16.6. The number of aliphatic hydroxyl groups excluding tert-OH is 2. The number of carbonyl (C=O) groups excluding carboxylic acids is 1. The average molecular weight is 374 g/mol. The predicted octanol–water partition coefficient (Wildman–Crippen LogP) is 1.12. The summed E-state index contributed by atoms with van der Waals surface area (Å²) in [7, 11) is 1.30. The monoisotopic (exact) mass is 374 g/mol. The zero-order valence-corrected chi connectivity index (χ0v) is 14.4. The molecule has 9 nitrogen and oxygen atoms in total. The first-order valence-corrected chi connectivity index (χ1v) is 8.14. The van der Waals surface area contributed by atoms with Gasteiger partial charge in [-0.3, -0.25) is 19.8 Å². The second-order valence-electron chi connectivity index (χ2n) is 5.91. The smallest absolute Gasteiger partial charge is 0.312 e. The molecule has 2 N–H and O–H groups in total. The van der Waals surface area contributed by atoms with Crippen molar-refractivity contribution < 1.29 is 29.4 Å². The normalized spacial score (nSPS) is 20.0. The van der Waals surface area contributed by atoms with Crippen molar-refractivity contribution >= 4 is 17.3 Å². The number of amides is 1. The van der Waals surface area contributed by atoms with Crippen LogP contribution in [0.3, 0.4) is 0 Å². The highest BCUT2D eigenvalue weighted by molar-refractivity contribution is 6.05. The van der Waals surface area contributed by atoms with Gasteiger partial charge in [-0.1, -0.05) is 18.2 Å². The van der Waals surface area contributed by atoms with Gasteiger partial charge in [-0.15, -0.1) is 0 Å². The number of anilines is 1. The van der Waals surface area contributed by atoms with Gasteiger partial charge in [0.1, 0.15) is 17.9 Å². The quantitative estimate of drug-likeness (QED) is 0.423. The number of aliphatic hydroxyl groups is 2. The summed E-state index contributed by atoms with van der Waals surface area (Å²) in [5.41, 5.74) is -0.106. The molecule has 0 spiro atoms. The molecule has 2 aromatic carbocycles. The number of hydrogen-bond acceptors (Lipinski definition) is 7. The average Bonchev–Trinajstić information content (AvgIpc) is 2.69. The van der Waals surface area contributed by atoms with Crippen LogP contribution in [0.4, 0.5) is 11.4 Å². The first kappa shape index (κ1) is 18.6. The van der Waals surface area contributed by atoms with Crippen molar-refractivity contribution in [1.82, 2.24) is 0 Å². The third-order valence-electron chi connectivity index (χ3n) is 4.31. The molecule has 1 saturated heterocycles. The summed E-state index contributed by atoms with van der Waals surface area (Å²) >= 11 is 0. The minimum Gasteiger partial charge on any atom is -0.490 e. The van der Waals surface area contributed by atoms with Gasteiger partial charge in [0, 0.05) is 6.07 Å². The lowest BCUT2D eigenvalue weighted by Crippen LogP contribution is -2.72. The summed E-state index contributed by atoms with van der Waals surface area (Å²) < 4.78 is 10.6. The van der Waals surface area contributed by atoms with Crippen molar-refractivity contribution in [3.8, 4) is 11.5 Å². The number of β-lactam (4-membered cyclic amide) rings is 1. The van der Waals surface area contributed by atoms with E-state index in [1.54, 1.807) is 30.3 Å². The Labute approximate surface area is 154 Å². The summed E-state index contributed by atoms with van der Waals surface area (Å²) in [5.74, 6) is 0.00948. The first-order chi connectivity index (χ1) is 13.0. The van der Waals surface area contributed by atoms with Gasteiger partial charge in [0.2, 0.25) is 6.10 Å². The van der Waals surface area contributed by atoms with Crippen LogP contribution in [0.1, 0.15) is 0 Å². The van der Waals surface area contributed by atoms with Crippen molar-refractivity contribution in [2.75, 3.05) is 18.6 Å². The summed E-state index contributed by atoms with van der Waals surface area (Å²) in [6, 6.07) is 11.7. The molecule has 142 valence electrons. The lowest BCUT2D eigenvalue weighted by atomic mass is 9.91. The van der Waals surface area contributed by atoms with Crippen LogP contribution in [0.5, 0.6) is 11.5 Å². The minimum absolute atomic E-state index is 0.0491. The SMILES string of the molecule is COc1ccc(N2C(=O)[C@H](Oc3ccccc3)[C@@H]2C(O)CO)cc1[N+](=O)[O-]. The first-order valence-electron chi connectivity index (χ1n) is 8.14. The molecule has 0 aliphatic carbocycles. The van der Waals surface area contributed by atoms with Crippen LogP contribution in [0.2, 0.25) is 0 Å². The van der Waals surface area contributed by atoms with Crippen molar-refractivity contribution in [3.05, 3.63) is 58.6 Å². The number of benzene rings is 2. The summed E-state index contributed by atoms with van der Waals surface area (Å²) in [4.78, 5) is 24.4. The standard InChI is InChI=1S/C18H18N2O7/c1-26-15-8-7-11(9-13(15)20(24)25)19-16(14(22)10-21)17(18(19)23)27-12-5-3-2-4-6-12/h2-9,14,16-17,21-22H,10H2,1H3/t14?,16-,17+/m0/s1. The number of nitrogens with zero attached hydrogens (tertiary/aromatic N) is 2. The van der Waals surface area contributed by atoms with E-state index in [2.05, 4.69) is 0 Å². The van der Waals surface area contributed by atoms with E-state index in [4.69, 9.17) is 9.47 Å². The van der Waals surface area contributed by atoms with Crippen LogP contribution >= 0.6 is 0 Å². The molecule has 0 radical (unpaired) electrons. The second-order valence-corrected chi connectivity index (χ2v) is 5.91. The van der Waals surface area contributed by atoms with E-state index in [0.29, 0.717) is 5.75 Å². The van der Waals surface area contributed by atoms with Gasteiger partial charge in [-0.2, -0.15) is 0 Å². The van der Waals surface area contributed by atoms with Crippen molar-refractivity contribution in [2.24, 2.45) is 0 Å². The highest BCUT2D eigenvalue weighted by Gasteiger charge is 2.53. The van der Waals surface area contributed by atoms with Crippen LogP contribution in [0, 0.1) is 10.1 Å². The summed E-state index contributed by atoms with van der Waals surface area (Å²) in [6.45, 7) is -0.596. The maximum atomic E-state index is 12.6. The van der Waals surface area contributed by atoms with Crippen LogP contribution in [-0.4, -0.2) is 53.0 Å². The zero-order valence-electron chi connectivity index (χ0n) is 14.4. The van der Waals surface area contributed by atoms with Gasteiger partial charge < -0.3 is 19.7 Å². The number of nitro benzene ring substituents is 1. The van der Waals surface area contributed by atoms with Gasteiger partial charge in [0.25, 0.3) is 5.91 Å². The maximum absolute atomic E-state index is 12.6. The molecule has 1 aliphatic heterocycles. The van der Waals surface area contributed by atoms with E-state index >= 15 is 0 Å². The van der Waals surface area contributed by atoms with E-state index in [1.807, 2.05) is 0 Å². The van der Waals surface area contributed by atoms with Gasteiger partial charge in [0.15, 0.2) is 5.75 Å². The van der Waals surface area contributed by atoms with Gasteiger partial charge in [-0.25, -0.2) is 0 Å². The molecule has 3 rings (SSSR count). The number of para-hydroxylation sites is 1. The largest absolute Gasteiger partial charge is 0.490 e. The van der Waals surface area contributed by atoms with Gasteiger partial charge in [0.05, 0.1) is 24.3 Å². The fourth-order valence-corrected chi connectivity index (χ4v) is 3.00. The molecule has 1 aliphatic rings. The number of rotatable bonds is 7. The topological polar surface area (TPSA) is 122 Å². The Hall–Kier alpha value is -3.17. The third-order valence-corrected chi connectivity index (χ3v) is 4.31. The molecule has 1 fully saturated rings. The van der Waals surface area contributed by atoms with E-state index in [0.717, 1.165) is 0 Å². The van der Waals surface area contributed by atoms with Crippen LogP contribution in [0.15, 0.2) is 48.5 Å². The molecule has 0 bridgehead atoms. The molecule has 1 amide bonds. The maximum Gasteiger partial charge on any atom is 0.312 e. The molecule has 2 aromatic rings. The molecule has 27 heavy (non-hydrogen) atoms. The fourth-order valence-electron chi connectivity index (χ4n) is 3.00. The predicted molar refractivity (Wildman–Crippen MR) is 94.9 cm³/mol. The van der Waals surface area contributed by atoms with E-state index in [9.17, 15) is 25.1 Å². The number of ether oxygens (including phenoxy) is 2. The van der Waals surface area contributed by atoms with Gasteiger partial charge in [-0.05, 0) is 24.3 Å². The minimum atomic E-state index is -1.28. The Kier molecular flexibility index (Phi) is 5.24. The van der Waals surface area contributed by atoms with Crippen LogP contribution < -0.4 is 14.4 Å². The number of nitro groups is 1. The van der Waals surface area contributed by atoms with Crippen LogP contribution in [0.25, 0.3) is 0 Å². The molecule has 1 unspecified atom stereocenters. The Morgan fingerprint density at radius 2 is 1.96 bits per heavy atom. The van der Waals surface area contributed by atoms with Crippen molar-refractivity contribution in [1.29, 1.82) is 0 Å². The molecule has 3 atom stereocenters. The number of carbonyl (C=O) groups is 1. The van der Waals surface area contributed by atoms with E-state index in [-0.39, 0.29) is 17.1 Å². The fraction of sp³-hybridized carbons (Fsp3) is 0.278.